The van der Waals surface area contributed by atoms with Gasteiger partial charge in [-0.05, 0) is 42.9 Å². The molecule has 21 heavy (non-hydrogen) atoms. The van der Waals surface area contributed by atoms with Crippen LogP contribution in [-0.4, -0.2) is 17.6 Å². The highest BCUT2D eigenvalue weighted by Crippen LogP contribution is 2.33. The van der Waals surface area contributed by atoms with Crippen molar-refractivity contribution in [1.82, 2.24) is 5.32 Å². The minimum absolute atomic E-state index is 0.127. The molecule has 0 radical (unpaired) electrons. The highest BCUT2D eigenvalue weighted by Gasteiger charge is 2.25. The molecule has 2 aromatic heterocycles. The van der Waals surface area contributed by atoms with Crippen molar-refractivity contribution in [2.24, 2.45) is 5.92 Å². The number of aliphatic hydroxyl groups is 1. The number of aliphatic hydroxyl groups excluding tert-OH is 1. The molecule has 0 aromatic carbocycles. The molecule has 2 heterocycles. The zero-order valence-corrected chi connectivity index (χ0v) is 12.8. The summed E-state index contributed by atoms with van der Waals surface area (Å²) in [6, 6.07) is 3.01. The molecule has 0 spiro atoms. The SMILES string of the molecule is CC1CCc2c(C(=O)NC(CO)c3ccco3)csc2C1. The lowest BCUT2D eigenvalue weighted by Gasteiger charge is -2.19. The second-order valence-electron chi connectivity index (χ2n) is 5.62. The maximum absolute atomic E-state index is 12.5. The third-order valence-electron chi connectivity index (χ3n) is 4.02. The summed E-state index contributed by atoms with van der Waals surface area (Å²) in [6.07, 6.45) is 4.70. The molecule has 2 aromatic rings. The first-order valence-electron chi connectivity index (χ1n) is 7.23. The molecule has 2 atom stereocenters. The van der Waals surface area contributed by atoms with Gasteiger partial charge in [-0.25, -0.2) is 0 Å². The summed E-state index contributed by atoms with van der Waals surface area (Å²) in [6.45, 7) is 2.07. The van der Waals surface area contributed by atoms with E-state index < -0.39 is 6.04 Å². The minimum Gasteiger partial charge on any atom is -0.467 e. The molecule has 112 valence electrons. The van der Waals surface area contributed by atoms with Gasteiger partial charge in [0.05, 0.1) is 18.4 Å². The molecule has 3 rings (SSSR count). The number of hydrogen-bond donors (Lipinski definition) is 2. The van der Waals surface area contributed by atoms with Crippen LogP contribution in [0.4, 0.5) is 0 Å². The molecule has 2 unspecified atom stereocenters. The van der Waals surface area contributed by atoms with Gasteiger partial charge < -0.3 is 14.8 Å². The molecular formula is C16H19NO3S. The zero-order chi connectivity index (χ0) is 14.8. The number of fused-ring (bicyclic) bond motifs is 1. The molecular weight excluding hydrogens is 286 g/mol. The van der Waals surface area contributed by atoms with Crippen LogP contribution in [0.5, 0.6) is 0 Å². The topological polar surface area (TPSA) is 62.5 Å². The Bertz CT molecular complexity index is 618. The first-order valence-corrected chi connectivity index (χ1v) is 8.11. The molecule has 0 bridgehead atoms. The van der Waals surface area contributed by atoms with Gasteiger partial charge in [-0.3, -0.25) is 4.79 Å². The van der Waals surface area contributed by atoms with Gasteiger partial charge in [0.2, 0.25) is 0 Å². The Morgan fingerprint density at radius 2 is 2.48 bits per heavy atom. The first kappa shape index (κ1) is 14.4. The Balaban J connectivity index is 1.77. The quantitative estimate of drug-likeness (QED) is 0.913. The Morgan fingerprint density at radius 3 is 3.19 bits per heavy atom. The van der Waals surface area contributed by atoms with Gasteiger partial charge in [0.25, 0.3) is 5.91 Å². The van der Waals surface area contributed by atoms with Crippen LogP contribution >= 0.6 is 11.3 Å². The lowest BCUT2D eigenvalue weighted by atomic mass is 9.88. The summed E-state index contributed by atoms with van der Waals surface area (Å²) in [5.74, 6) is 1.14. The fourth-order valence-electron chi connectivity index (χ4n) is 2.80. The minimum atomic E-state index is -0.495. The van der Waals surface area contributed by atoms with Crippen molar-refractivity contribution < 1.29 is 14.3 Å². The van der Waals surface area contributed by atoms with Crippen molar-refractivity contribution in [3.05, 3.63) is 45.5 Å². The van der Waals surface area contributed by atoms with Crippen molar-refractivity contribution in [1.29, 1.82) is 0 Å². The standard InChI is InChI=1S/C16H19NO3S/c1-10-4-5-11-12(9-21-15(11)7-10)16(19)17-13(8-18)14-3-2-6-20-14/h2-3,6,9-10,13,18H,4-5,7-8H2,1H3,(H,17,19). The average Bonchev–Trinajstić information content (AvgIpc) is 3.13. The van der Waals surface area contributed by atoms with Crippen LogP contribution in [0.1, 0.15) is 45.9 Å². The van der Waals surface area contributed by atoms with Crippen LogP contribution in [0.15, 0.2) is 28.2 Å². The Kier molecular flexibility index (Phi) is 4.12. The fraction of sp³-hybridized carbons (Fsp3) is 0.438. The molecule has 1 amide bonds. The van der Waals surface area contributed by atoms with Gasteiger partial charge in [-0.1, -0.05) is 6.92 Å². The largest absolute Gasteiger partial charge is 0.467 e. The Hall–Kier alpha value is -1.59. The molecule has 0 fully saturated rings. The second-order valence-corrected chi connectivity index (χ2v) is 6.59. The molecule has 2 N–H and O–H groups in total. The zero-order valence-electron chi connectivity index (χ0n) is 12.0. The first-order chi connectivity index (χ1) is 10.2. The Morgan fingerprint density at radius 1 is 1.62 bits per heavy atom. The van der Waals surface area contributed by atoms with E-state index in [0.717, 1.165) is 24.8 Å². The number of amides is 1. The van der Waals surface area contributed by atoms with E-state index in [4.69, 9.17) is 4.42 Å². The van der Waals surface area contributed by atoms with Crippen molar-refractivity contribution in [2.45, 2.75) is 32.2 Å². The molecule has 0 saturated heterocycles. The summed E-state index contributed by atoms with van der Waals surface area (Å²) in [4.78, 5) is 13.8. The predicted octanol–water partition coefficient (Wildman–Crippen LogP) is 2.93. The number of rotatable bonds is 4. The van der Waals surface area contributed by atoms with Gasteiger partial charge >= 0.3 is 0 Å². The smallest absolute Gasteiger partial charge is 0.253 e. The number of nitrogens with one attached hydrogen (secondary N) is 1. The molecule has 1 aliphatic carbocycles. The van der Waals surface area contributed by atoms with E-state index in [9.17, 15) is 9.90 Å². The predicted molar refractivity (Wildman–Crippen MR) is 81.5 cm³/mol. The molecule has 5 heteroatoms. The van der Waals surface area contributed by atoms with E-state index >= 15 is 0 Å². The van der Waals surface area contributed by atoms with Gasteiger partial charge in [0.1, 0.15) is 11.8 Å². The van der Waals surface area contributed by atoms with Crippen LogP contribution in [0.25, 0.3) is 0 Å². The summed E-state index contributed by atoms with van der Waals surface area (Å²) in [7, 11) is 0. The molecule has 4 nitrogen and oxygen atoms in total. The highest BCUT2D eigenvalue weighted by molar-refractivity contribution is 7.10. The lowest BCUT2D eigenvalue weighted by Crippen LogP contribution is -2.31. The van der Waals surface area contributed by atoms with Crippen molar-refractivity contribution in [3.63, 3.8) is 0 Å². The molecule has 1 aliphatic rings. The van der Waals surface area contributed by atoms with E-state index in [1.54, 1.807) is 23.5 Å². The summed E-state index contributed by atoms with van der Waals surface area (Å²) in [5.41, 5.74) is 1.94. The lowest BCUT2D eigenvalue weighted by molar-refractivity contribution is 0.0906. The number of furan rings is 1. The van der Waals surface area contributed by atoms with E-state index in [2.05, 4.69) is 12.2 Å². The summed E-state index contributed by atoms with van der Waals surface area (Å²) >= 11 is 1.67. The number of carbonyl (C=O) groups is 1. The third kappa shape index (κ3) is 2.89. The van der Waals surface area contributed by atoms with Crippen LogP contribution in [0.3, 0.4) is 0 Å². The van der Waals surface area contributed by atoms with Gasteiger partial charge in [0.15, 0.2) is 0 Å². The fourth-order valence-corrected chi connectivity index (χ4v) is 4.04. The van der Waals surface area contributed by atoms with Gasteiger partial charge in [-0.2, -0.15) is 0 Å². The number of thiophene rings is 1. The summed E-state index contributed by atoms with van der Waals surface area (Å²) in [5, 5.41) is 14.2. The third-order valence-corrected chi connectivity index (χ3v) is 5.07. The average molecular weight is 305 g/mol. The van der Waals surface area contributed by atoms with Gasteiger partial charge in [0, 0.05) is 10.3 Å². The highest BCUT2D eigenvalue weighted by atomic mass is 32.1. The maximum Gasteiger partial charge on any atom is 0.253 e. The van der Waals surface area contributed by atoms with Crippen molar-refractivity contribution in [2.75, 3.05) is 6.61 Å². The van der Waals surface area contributed by atoms with Crippen LogP contribution < -0.4 is 5.32 Å². The van der Waals surface area contributed by atoms with Crippen LogP contribution in [-0.2, 0) is 12.8 Å². The normalized spacial score (nSPS) is 19.0. The second kappa shape index (κ2) is 6.03. The van der Waals surface area contributed by atoms with E-state index in [-0.39, 0.29) is 12.5 Å². The van der Waals surface area contributed by atoms with Crippen LogP contribution in [0, 0.1) is 5.92 Å². The number of carbonyl (C=O) groups excluding carboxylic acids is 1. The van der Waals surface area contributed by atoms with E-state index in [0.29, 0.717) is 11.7 Å². The number of hydrogen-bond acceptors (Lipinski definition) is 4. The van der Waals surface area contributed by atoms with E-state index in [1.165, 1.54) is 16.7 Å². The van der Waals surface area contributed by atoms with Crippen molar-refractivity contribution in [3.8, 4) is 0 Å². The monoisotopic (exact) mass is 305 g/mol. The maximum atomic E-state index is 12.5. The molecule has 0 saturated carbocycles. The van der Waals surface area contributed by atoms with Crippen molar-refractivity contribution >= 4 is 17.2 Å². The van der Waals surface area contributed by atoms with Crippen LogP contribution in [0.2, 0.25) is 0 Å². The Labute approximate surface area is 127 Å². The van der Waals surface area contributed by atoms with Gasteiger partial charge in [-0.15, -0.1) is 11.3 Å². The molecule has 0 aliphatic heterocycles. The summed E-state index contributed by atoms with van der Waals surface area (Å²) < 4.78 is 5.26. The van der Waals surface area contributed by atoms with E-state index in [1.807, 2.05) is 5.38 Å².